The van der Waals surface area contributed by atoms with Crippen LogP contribution in [-0.4, -0.2) is 34.6 Å². The minimum Gasteiger partial charge on any atom is -0.480 e. The van der Waals surface area contributed by atoms with E-state index in [1.54, 1.807) is 0 Å². The Morgan fingerprint density at radius 2 is 1.95 bits per heavy atom. The van der Waals surface area contributed by atoms with E-state index in [-0.39, 0.29) is 5.92 Å². The molecule has 5 heteroatoms. The largest absolute Gasteiger partial charge is 0.480 e. The lowest BCUT2D eigenvalue weighted by Crippen LogP contribution is -2.41. The molecule has 0 saturated heterocycles. The Kier molecular flexibility index (Phi) is 6.02. The first-order valence-corrected chi connectivity index (χ1v) is 6.28. The molecule has 0 aliphatic rings. The van der Waals surface area contributed by atoms with Crippen LogP contribution >= 0.6 is 0 Å². The Hall–Kier alpha value is -1.88. The van der Waals surface area contributed by atoms with Gasteiger partial charge in [-0.05, 0) is 11.5 Å². The van der Waals surface area contributed by atoms with Gasteiger partial charge in [-0.25, -0.2) is 0 Å². The molecule has 0 saturated carbocycles. The van der Waals surface area contributed by atoms with Gasteiger partial charge in [-0.1, -0.05) is 49.3 Å². The lowest BCUT2D eigenvalue weighted by molar-refractivity contribution is -0.140. The van der Waals surface area contributed by atoms with E-state index >= 15 is 0 Å². The monoisotopic (exact) mass is 264 g/mol. The maximum Gasteiger partial charge on any atom is 0.320 e. The molecule has 19 heavy (non-hydrogen) atoms. The minimum absolute atomic E-state index is 0.00346. The zero-order chi connectivity index (χ0) is 14.3. The molecule has 0 aromatic heterocycles. The number of hydrogen-bond acceptors (Lipinski definition) is 4. The normalized spacial score (nSPS) is 13.5. The summed E-state index contributed by atoms with van der Waals surface area (Å²) in [5.41, 5.74) is 1.38. The number of carboxylic acids is 1. The van der Waals surface area contributed by atoms with Gasteiger partial charge in [0.05, 0.1) is 5.71 Å². The summed E-state index contributed by atoms with van der Waals surface area (Å²) in [4.78, 5) is 11.0. The fourth-order valence-electron chi connectivity index (χ4n) is 1.84. The molecule has 1 aromatic carbocycles. The molecule has 0 heterocycles. The first-order valence-electron chi connectivity index (χ1n) is 6.28. The van der Waals surface area contributed by atoms with Crippen molar-refractivity contribution in [2.24, 2.45) is 11.1 Å². The average molecular weight is 264 g/mol. The fourth-order valence-corrected chi connectivity index (χ4v) is 1.84. The second kappa shape index (κ2) is 7.53. The third-order valence-corrected chi connectivity index (χ3v) is 2.89. The van der Waals surface area contributed by atoms with E-state index in [9.17, 15) is 4.79 Å². The summed E-state index contributed by atoms with van der Waals surface area (Å²) in [6, 6.07) is 8.73. The van der Waals surface area contributed by atoms with Gasteiger partial charge >= 0.3 is 5.97 Å². The van der Waals surface area contributed by atoms with E-state index in [1.807, 2.05) is 44.2 Å². The van der Waals surface area contributed by atoms with Crippen molar-refractivity contribution in [3.63, 3.8) is 0 Å². The number of aliphatic carboxylic acids is 1. The van der Waals surface area contributed by atoms with Crippen LogP contribution in [0.5, 0.6) is 0 Å². The van der Waals surface area contributed by atoms with Gasteiger partial charge in [-0.3, -0.25) is 4.79 Å². The molecule has 0 aliphatic carbocycles. The summed E-state index contributed by atoms with van der Waals surface area (Å²) < 4.78 is 0. The lowest BCUT2D eigenvalue weighted by Gasteiger charge is -2.17. The molecule has 0 spiro atoms. The number of rotatable bonds is 7. The van der Waals surface area contributed by atoms with Crippen LogP contribution in [0.15, 0.2) is 35.5 Å². The molecule has 0 aliphatic heterocycles. The molecule has 1 aromatic rings. The highest BCUT2D eigenvalue weighted by Gasteiger charge is 2.20. The summed E-state index contributed by atoms with van der Waals surface area (Å²) in [5, 5.41) is 24.3. The average Bonchev–Trinajstić information content (AvgIpc) is 2.39. The molecular weight excluding hydrogens is 244 g/mol. The number of benzene rings is 1. The summed E-state index contributed by atoms with van der Waals surface area (Å²) in [7, 11) is 0. The first kappa shape index (κ1) is 15.2. The smallest absolute Gasteiger partial charge is 0.320 e. The van der Waals surface area contributed by atoms with Crippen molar-refractivity contribution in [3.8, 4) is 0 Å². The van der Waals surface area contributed by atoms with Crippen LogP contribution in [-0.2, 0) is 4.79 Å². The van der Waals surface area contributed by atoms with Gasteiger partial charge in [0.2, 0.25) is 0 Å². The van der Waals surface area contributed by atoms with E-state index in [1.165, 1.54) is 0 Å². The van der Waals surface area contributed by atoms with E-state index < -0.39 is 12.0 Å². The van der Waals surface area contributed by atoms with Crippen LogP contribution in [0.25, 0.3) is 0 Å². The number of hydrogen-bond donors (Lipinski definition) is 3. The summed E-state index contributed by atoms with van der Waals surface area (Å²) in [6.07, 6.45) is 0.469. The SMILES string of the molecule is CC(C)[C@H](NCC/C(=N\O)c1ccccc1)C(=O)O. The topological polar surface area (TPSA) is 81.9 Å². The molecule has 0 radical (unpaired) electrons. The molecule has 1 atom stereocenters. The quantitative estimate of drug-likeness (QED) is 0.399. The predicted octanol–water partition coefficient (Wildman–Crippen LogP) is 1.95. The van der Waals surface area contributed by atoms with Crippen LogP contribution < -0.4 is 5.32 Å². The molecule has 0 unspecified atom stereocenters. The molecule has 3 N–H and O–H groups in total. The van der Waals surface area contributed by atoms with Crippen molar-refractivity contribution in [3.05, 3.63) is 35.9 Å². The fraction of sp³-hybridized carbons (Fsp3) is 0.429. The van der Waals surface area contributed by atoms with Crippen molar-refractivity contribution in [1.82, 2.24) is 5.32 Å². The molecule has 0 fully saturated rings. The van der Waals surface area contributed by atoms with E-state index in [2.05, 4.69) is 10.5 Å². The summed E-state index contributed by atoms with van der Waals surface area (Å²) >= 11 is 0. The number of carbonyl (C=O) groups is 1. The second-order valence-electron chi connectivity index (χ2n) is 4.68. The van der Waals surface area contributed by atoms with Gasteiger partial charge in [-0.2, -0.15) is 0 Å². The van der Waals surface area contributed by atoms with E-state index in [0.717, 1.165) is 5.56 Å². The minimum atomic E-state index is -0.864. The molecule has 104 valence electrons. The van der Waals surface area contributed by atoms with Gasteiger partial charge < -0.3 is 15.6 Å². The van der Waals surface area contributed by atoms with Crippen LogP contribution in [0.2, 0.25) is 0 Å². The highest BCUT2D eigenvalue weighted by atomic mass is 16.4. The molecule has 1 rings (SSSR count). The van der Waals surface area contributed by atoms with Crippen molar-refractivity contribution in [2.45, 2.75) is 26.3 Å². The Bertz CT molecular complexity index is 430. The van der Waals surface area contributed by atoms with Gasteiger partial charge in [0.25, 0.3) is 0 Å². The maximum atomic E-state index is 11.0. The van der Waals surface area contributed by atoms with Crippen LogP contribution in [0.3, 0.4) is 0 Å². The molecule has 5 nitrogen and oxygen atoms in total. The zero-order valence-corrected chi connectivity index (χ0v) is 11.2. The molecule has 0 bridgehead atoms. The van der Waals surface area contributed by atoms with Crippen LogP contribution in [0.1, 0.15) is 25.8 Å². The number of nitrogens with one attached hydrogen (secondary N) is 1. The Morgan fingerprint density at radius 1 is 1.32 bits per heavy atom. The predicted molar refractivity (Wildman–Crippen MR) is 73.6 cm³/mol. The van der Waals surface area contributed by atoms with E-state index in [0.29, 0.717) is 18.7 Å². The summed E-state index contributed by atoms with van der Waals surface area (Å²) in [5.74, 6) is -0.860. The lowest BCUT2D eigenvalue weighted by atomic mass is 10.0. The third-order valence-electron chi connectivity index (χ3n) is 2.89. The van der Waals surface area contributed by atoms with Crippen LogP contribution in [0, 0.1) is 5.92 Å². The summed E-state index contributed by atoms with van der Waals surface area (Å²) in [6.45, 7) is 4.15. The highest BCUT2D eigenvalue weighted by Crippen LogP contribution is 2.05. The van der Waals surface area contributed by atoms with E-state index in [4.69, 9.17) is 10.3 Å². The molecular formula is C14H20N2O3. The highest BCUT2D eigenvalue weighted by molar-refractivity contribution is 6.00. The van der Waals surface area contributed by atoms with Crippen LogP contribution in [0.4, 0.5) is 0 Å². The van der Waals surface area contributed by atoms with Crippen molar-refractivity contribution in [2.75, 3.05) is 6.54 Å². The first-order chi connectivity index (χ1) is 9.06. The Labute approximate surface area is 113 Å². The van der Waals surface area contributed by atoms with Gasteiger partial charge in [0.1, 0.15) is 6.04 Å². The number of carboxylic acid groups (broad SMARTS) is 1. The second-order valence-corrected chi connectivity index (χ2v) is 4.68. The molecule has 0 amide bonds. The van der Waals surface area contributed by atoms with Crippen molar-refractivity contribution in [1.29, 1.82) is 0 Å². The zero-order valence-electron chi connectivity index (χ0n) is 11.2. The Morgan fingerprint density at radius 3 is 2.42 bits per heavy atom. The van der Waals surface area contributed by atoms with Gasteiger partial charge in [-0.15, -0.1) is 0 Å². The third kappa shape index (κ3) is 4.71. The number of oxime groups is 1. The standard InChI is InChI=1S/C14H20N2O3/c1-10(2)13(14(17)18)15-9-8-12(16-19)11-6-4-3-5-7-11/h3-7,10,13,15,19H,8-9H2,1-2H3,(H,17,18)/b16-12+/t13-/m0/s1. The maximum absolute atomic E-state index is 11.0. The van der Waals surface area contributed by atoms with Gasteiger partial charge in [0, 0.05) is 13.0 Å². The number of nitrogens with zero attached hydrogens (tertiary/aromatic N) is 1. The Balaban J connectivity index is 2.54. The van der Waals surface area contributed by atoms with Gasteiger partial charge in [0.15, 0.2) is 0 Å². The van der Waals surface area contributed by atoms with Crippen molar-refractivity contribution >= 4 is 11.7 Å². The van der Waals surface area contributed by atoms with Crippen molar-refractivity contribution < 1.29 is 15.1 Å².